The van der Waals surface area contributed by atoms with E-state index in [1.165, 1.54) is 28.7 Å². The van der Waals surface area contributed by atoms with Gasteiger partial charge in [-0.1, -0.05) is 72.8 Å². The molecular weight excluding hydrogens is 228 g/mol. The summed E-state index contributed by atoms with van der Waals surface area (Å²) in [5.41, 5.74) is 5.85. The van der Waals surface area contributed by atoms with Crippen molar-refractivity contribution >= 4 is 0 Å². The van der Waals surface area contributed by atoms with E-state index in [1.54, 1.807) is 0 Å². The number of benzene rings is 2. The lowest BCUT2D eigenvalue weighted by Gasteiger charge is -2.16. The first-order valence-electron chi connectivity index (χ1n) is 6.97. The molecule has 0 heteroatoms. The van der Waals surface area contributed by atoms with E-state index in [4.69, 9.17) is 0 Å². The van der Waals surface area contributed by atoms with Crippen LogP contribution >= 0.6 is 0 Å². The fourth-order valence-electron chi connectivity index (χ4n) is 3.42. The predicted molar refractivity (Wildman–Crippen MR) is 80.1 cm³/mol. The molecule has 0 N–H and O–H groups in total. The van der Waals surface area contributed by atoms with Gasteiger partial charge in [-0.25, -0.2) is 0 Å². The Morgan fingerprint density at radius 1 is 0.684 bits per heavy atom. The fourth-order valence-corrected chi connectivity index (χ4v) is 3.42. The molecule has 0 radical (unpaired) electrons. The molecule has 0 fully saturated rings. The van der Waals surface area contributed by atoms with E-state index in [0.717, 1.165) is 0 Å². The zero-order valence-electron chi connectivity index (χ0n) is 10.8. The smallest absolute Gasteiger partial charge is 0.0110 e. The second-order valence-corrected chi connectivity index (χ2v) is 5.40. The first-order valence-corrected chi connectivity index (χ1v) is 6.97. The van der Waals surface area contributed by atoms with Gasteiger partial charge in [0.15, 0.2) is 0 Å². The van der Waals surface area contributed by atoms with E-state index in [-0.39, 0.29) is 0 Å². The van der Waals surface area contributed by atoms with Crippen molar-refractivity contribution in [3.8, 4) is 11.1 Å². The molecule has 2 aromatic carbocycles. The molecule has 0 unspecified atom stereocenters. The lowest BCUT2D eigenvalue weighted by molar-refractivity contribution is 0.650. The van der Waals surface area contributed by atoms with Crippen LogP contribution in [0.3, 0.4) is 0 Å². The lowest BCUT2D eigenvalue weighted by Crippen LogP contribution is -2.02. The van der Waals surface area contributed by atoms with Gasteiger partial charge in [-0.3, -0.25) is 0 Å². The van der Waals surface area contributed by atoms with Crippen LogP contribution in [0.1, 0.15) is 23.5 Å². The normalized spacial score (nSPS) is 16.8. The maximum Gasteiger partial charge on any atom is 0.0110 e. The maximum atomic E-state index is 2.31. The minimum Gasteiger partial charge on any atom is -0.0776 e. The van der Waals surface area contributed by atoms with Crippen LogP contribution < -0.4 is 0 Å². The van der Waals surface area contributed by atoms with E-state index in [9.17, 15) is 0 Å². The zero-order chi connectivity index (χ0) is 12.7. The summed E-state index contributed by atoms with van der Waals surface area (Å²) in [6, 6.07) is 17.7. The Labute approximate surface area is 114 Å². The molecule has 0 aromatic heterocycles. The SMILES string of the molecule is C1=CC(CC2c3ccccc3-c3ccccc32)C=C1. The number of fused-ring (bicyclic) bond motifs is 3. The minimum absolute atomic E-state index is 0.546. The van der Waals surface area contributed by atoms with Gasteiger partial charge >= 0.3 is 0 Å². The molecule has 2 aliphatic rings. The first-order chi connectivity index (χ1) is 9.43. The van der Waals surface area contributed by atoms with Crippen molar-refractivity contribution in [3.05, 3.63) is 84.0 Å². The predicted octanol–water partition coefficient (Wildman–Crippen LogP) is 4.93. The van der Waals surface area contributed by atoms with Gasteiger partial charge in [0.25, 0.3) is 0 Å². The fraction of sp³-hybridized carbons (Fsp3) is 0.158. The van der Waals surface area contributed by atoms with Crippen LogP contribution in [-0.2, 0) is 0 Å². The molecule has 92 valence electrons. The lowest BCUT2D eigenvalue weighted by atomic mass is 9.88. The van der Waals surface area contributed by atoms with Crippen molar-refractivity contribution in [2.45, 2.75) is 12.3 Å². The third-order valence-electron chi connectivity index (χ3n) is 4.30. The molecule has 0 saturated carbocycles. The van der Waals surface area contributed by atoms with Gasteiger partial charge in [-0.05, 0) is 34.6 Å². The third-order valence-corrected chi connectivity index (χ3v) is 4.30. The molecule has 0 atom stereocenters. The Hall–Kier alpha value is -2.08. The molecule has 0 bridgehead atoms. The molecule has 2 aromatic rings. The van der Waals surface area contributed by atoms with Gasteiger partial charge in [0.1, 0.15) is 0 Å². The highest BCUT2D eigenvalue weighted by atomic mass is 14.3. The second-order valence-electron chi connectivity index (χ2n) is 5.40. The average Bonchev–Trinajstić information content (AvgIpc) is 3.08. The number of hydrogen-bond acceptors (Lipinski definition) is 0. The number of hydrogen-bond donors (Lipinski definition) is 0. The summed E-state index contributed by atoms with van der Waals surface area (Å²) in [6.07, 6.45) is 10.1. The first kappa shape index (κ1) is 10.8. The van der Waals surface area contributed by atoms with E-state index in [0.29, 0.717) is 11.8 Å². The van der Waals surface area contributed by atoms with Crippen LogP contribution in [0.2, 0.25) is 0 Å². The van der Waals surface area contributed by atoms with Gasteiger partial charge in [-0.2, -0.15) is 0 Å². The number of allylic oxidation sites excluding steroid dienone is 4. The Kier molecular flexibility index (Phi) is 2.41. The molecular formula is C19H16. The summed E-state index contributed by atoms with van der Waals surface area (Å²) in [7, 11) is 0. The second kappa shape index (κ2) is 4.24. The Bertz CT molecular complexity index is 618. The largest absolute Gasteiger partial charge is 0.0776 e. The highest BCUT2D eigenvalue weighted by molar-refractivity contribution is 5.78. The topological polar surface area (TPSA) is 0 Å². The zero-order valence-corrected chi connectivity index (χ0v) is 10.8. The Balaban J connectivity index is 1.81. The van der Waals surface area contributed by atoms with E-state index < -0.39 is 0 Å². The Morgan fingerprint density at radius 2 is 1.21 bits per heavy atom. The summed E-state index contributed by atoms with van der Waals surface area (Å²) < 4.78 is 0. The summed E-state index contributed by atoms with van der Waals surface area (Å²) in [5.74, 6) is 1.13. The molecule has 0 amide bonds. The average molecular weight is 244 g/mol. The maximum absolute atomic E-state index is 2.31. The van der Waals surface area contributed by atoms with Crippen molar-refractivity contribution in [1.29, 1.82) is 0 Å². The van der Waals surface area contributed by atoms with Gasteiger partial charge in [0.05, 0.1) is 0 Å². The van der Waals surface area contributed by atoms with Crippen LogP contribution in [-0.4, -0.2) is 0 Å². The van der Waals surface area contributed by atoms with Crippen LogP contribution in [0.25, 0.3) is 11.1 Å². The quantitative estimate of drug-likeness (QED) is 0.702. The highest BCUT2D eigenvalue weighted by Crippen LogP contribution is 2.47. The van der Waals surface area contributed by atoms with Crippen LogP contribution in [0.4, 0.5) is 0 Å². The summed E-state index contributed by atoms with van der Waals surface area (Å²) in [6.45, 7) is 0. The Morgan fingerprint density at radius 3 is 1.79 bits per heavy atom. The molecule has 0 saturated heterocycles. The monoisotopic (exact) mass is 244 g/mol. The molecule has 0 heterocycles. The van der Waals surface area contributed by atoms with Crippen molar-refractivity contribution in [1.82, 2.24) is 0 Å². The van der Waals surface area contributed by atoms with Crippen LogP contribution in [0.15, 0.2) is 72.8 Å². The van der Waals surface area contributed by atoms with Gasteiger partial charge in [0, 0.05) is 5.92 Å². The van der Waals surface area contributed by atoms with Crippen molar-refractivity contribution in [2.75, 3.05) is 0 Å². The molecule has 2 aliphatic carbocycles. The van der Waals surface area contributed by atoms with E-state index in [2.05, 4.69) is 72.8 Å². The van der Waals surface area contributed by atoms with E-state index >= 15 is 0 Å². The van der Waals surface area contributed by atoms with Crippen molar-refractivity contribution in [2.24, 2.45) is 5.92 Å². The number of rotatable bonds is 2. The van der Waals surface area contributed by atoms with Gasteiger partial charge < -0.3 is 0 Å². The molecule has 4 rings (SSSR count). The van der Waals surface area contributed by atoms with Crippen LogP contribution in [0, 0.1) is 5.92 Å². The standard InChI is InChI=1S/C19H16/c1-2-8-14(7-1)13-19-17-11-5-3-9-15(17)16-10-4-6-12-18(16)19/h1-12,14,19H,13H2. The highest BCUT2D eigenvalue weighted by Gasteiger charge is 2.29. The van der Waals surface area contributed by atoms with Crippen molar-refractivity contribution < 1.29 is 0 Å². The van der Waals surface area contributed by atoms with Crippen molar-refractivity contribution in [3.63, 3.8) is 0 Å². The summed E-state index contributed by atoms with van der Waals surface area (Å²) >= 11 is 0. The molecule has 0 aliphatic heterocycles. The molecule has 0 spiro atoms. The molecule has 19 heavy (non-hydrogen) atoms. The van der Waals surface area contributed by atoms with E-state index in [1.807, 2.05) is 0 Å². The summed E-state index contributed by atoms with van der Waals surface area (Å²) in [4.78, 5) is 0. The summed E-state index contributed by atoms with van der Waals surface area (Å²) in [5, 5.41) is 0. The van der Waals surface area contributed by atoms with Crippen LogP contribution in [0.5, 0.6) is 0 Å². The van der Waals surface area contributed by atoms with Gasteiger partial charge in [-0.15, -0.1) is 0 Å². The molecule has 0 nitrogen and oxygen atoms in total. The third kappa shape index (κ3) is 1.67. The van der Waals surface area contributed by atoms with Gasteiger partial charge in [0.2, 0.25) is 0 Å². The minimum atomic E-state index is 0.546.